The standard InChI is InChI=1S/C20H18N6O2S2/c1-26-12-22-25-20(26)30-11-13-10-29-19(23-13)24-18(27)16-9-15(7-8-17(16)21)28-14-5-3-2-4-6-14/h2-10,12H,11,21H2,1H3,(H,23,24,27). The van der Waals surface area contributed by atoms with Crippen LogP contribution in [0, 0.1) is 0 Å². The van der Waals surface area contributed by atoms with Gasteiger partial charge >= 0.3 is 0 Å². The first-order valence-electron chi connectivity index (χ1n) is 8.93. The number of nitrogen functional groups attached to an aromatic ring is 1. The number of carbonyl (C=O) groups is 1. The van der Waals surface area contributed by atoms with Gasteiger partial charge in [0.2, 0.25) is 0 Å². The Labute approximate surface area is 181 Å². The second-order valence-electron chi connectivity index (χ2n) is 6.28. The fourth-order valence-corrected chi connectivity index (χ4v) is 4.15. The molecule has 4 aromatic rings. The molecule has 3 N–H and O–H groups in total. The van der Waals surface area contributed by atoms with Crippen LogP contribution < -0.4 is 15.8 Å². The van der Waals surface area contributed by atoms with E-state index in [2.05, 4.69) is 20.5 Å². The van der Waals surface area contributed by atoms with E-state index < -0.39 is 0 Å². The van der Waals surface area contributed by atoms with Crippen LogP contribution in [0.25, 0.3) is 0 Å². The van der Waals surface area contributed by atoms with Crippen molar-refractivity contribution in [1.82, 2.24) is 19.7 Å². The van der Waals surface area contributed by atoms with Crippen LogP contribution in [0.5, 0.6) is 11.5 Å². The van der Waals surface area contributed by atoms with Gasteiger partial charge in [-0.05, 0) is 30.3 Å². The molecule has 0 fully saturated rings. The Morgan fingerprint density at radius 1 is 1.23 bits per heavy atom. The molecule has 8 nitrogen and oxygen atoms in total. The SMILES string of the molecule is Cn1cnnc1SCc1csc(NC(=O)c2cc(Oc3ccccc3)ccc2N)n1. The summed E-state index contributed by atoms with van der Waals surface area (Å²) in [6.07, 6.45) is 1.65. The van der Waals surface area contributed by atoms with Gasteiger partial charge in [0.15, 0.2) is 10.3 Å². The highest BCUT2D eigenvalue weighted by molar-refractivity contribution is 7.98. The summed E-state index contributed by atoms with van der Waals surface area (Å²) in [6, 6.07) is 14.3. The first kappa shape index (κ1) is 19.9. The van der Waals surface area contributed by atoms with E-state index in [1.165, 1.54) is 23.1 Å². The molecule has 4 rings (SSSR count). The fraction of sp³-hybridized carbons (Fsp3) is 0.100. The van der Waals surface area contributed by atoms with Crippen LogP contribution in [-0.2, 0) is 12.8 Å². The average molecular weight is 439 g/mol. The van der Waals surface area contributed by atoms with Crippen molar-refractivity contribution in [2.75, 3.05) is 11.1 Å². The lowest BCUT2D eigenvalue weighted by Crippen LogP contribution is -2.14. The van der Waals surface area contributed by atoms with Crippen molar-refractivity contribution in [3.05, 3.63) is 71.5 Å². The van der Waals surface area contributed by atoms with Gasteiger partial charge in [-0.25, -0.2) is 4.98 Å². The number of rotatable bonds is 7. The lowest BCUT2D eigenvalue weighted by Gasteiger charge is -2.09. The summed E-state index contributed by atoms with van der Waals surface area (Å²) in [6.45, 7) is 0. The van der Waals surface area contributed by atoms with Gasteiger partial charge in [-0.2, -0.15) is 0 Å². The zero-order chi connectivity index (χ0) is 20.9. The lowest BCUT2D eigenvalue weighted by atomic mass is 10.1. The fourth-order valence-electron chi connectivity index (χ4n) is 2.56. The number of thioether (sulfide) groups is 1. The van der Waals surface area contributed by atoms with Gasteiger partial charge in [-0.1, -0.05) is 30.0 Å². The normalized spacial score (nSPS) is 10.7. The summed E-state index contributed by atoms with van der Waals surface area (Å²) >= 11 is 2.88. The molecular weight excluding hydrogens is 420 g/mol. The monoisotopic (exact) mass is 438 g/mol. The molecule has 152 valence electrons. The number of amides is 1. The Morgan fingerprint density at radius 2 is 2.07 bits per heavy atom. The van der Waals surface area contributed by atoms with Crippen molar-refractivity contribution in [1.29, 1.82) is 0 Å². The van der Waals surface area contributed by atoms with Gasteiger partial charge in [0.05, 0.1) is 11.3 Å². The minimum Gasteiger partial charge on any atom is -0.457 e. The molecule has 0 aliphatic heterocycles. The summed E-state index contributed by atoms with van der Waals surface area (Å²) in [5, 5.41) is 13.9. The molecule has 0 saturated heterocycles. The number of aryl methyl sites for hydroxylation is 1. The lowest BCUT2D eigenvalue weighted by molar-refractivity contribution is 0.102. The number of nitrogens with two attached hydrogens (primary N) is 1. The Hall–Kier alpha value is -3.37. The molecule has 2 aromatic heterocycles. The van der Waals surface area contributed by atoms with Crippen LogP contribution in [0.1, 0.15) is 16.1 Å². The summed E-state index contributed by atoms with van der Waals surface area (Å²) in [4.78, 5) is 17.2. The molecule has 0 bridgehead atoms. The third-order valence-corrected chi connectivity index (χ3v) is 5.91. The van der Waals surface area contributed by atoms with E-state index in [0.29, 0.717) is 33.6 Å². The van der Waals surface area contributed by atoms with E-state index in [0.717, 1.165) is 10.9 Å². The quantitative estimate of drug-likeness (QED) is 0.329. The number of aromatic nitrogens is 4. The summed E-state index contributed by atoms with van der Waals surface area (Å²) in [5.74, 6) is 1.49. The molecule has 0 spiro atoms. The van der Waals surface area contributed by atoms with Crippen LogP contribution in [0.4, 0.5) is 10.8 Å². The van der Waals surface area contributed by atoms with Crippen molar-refractivity contribution in [3.63, 3.8) is 0 Å². The van der Waals surface area contributed by atoms with E-state index in [1.807, 2.05) is 47.3 Å². The van der Waals surface area contributed by atoms with Crippen molar-refractivity contribution in [2.24, 2.45) is 7.05 Å². The molecule has 10 heteroatoms. The third kappa shape index (κ3) is 4.78. The molecule has 0 unspecified atom stereocenters. The number of para-hydroxylation sites is 1. The molecule has 0 saturated carbocycles. The highest BCUT2D eigenvalue weighted by Crippen LogP contribution is 2.27. The van der Waals surface area contributed by atoms with Crippen LogP contribution in [0.2, 0.25) is 0 Å². The number of carbonyl (C=O) groups excluding carboxylic acids is 1. The number of nitrogens with one attached hydrogen (secondary N) is 1. The number of hydrogen-bond acceptors (Lipinski definition) is 8. The van der Waals surface area contributed by atoms with Crippen molar-refractivity contribution < 1.29 is 9.53 Å². The zero-order valence-corrected chi connectivity index (χ0v) is 17.6. The molecule has 0 atom stereocenters. The maximum absolute atomic E-state index is 12.7. The molecule has 2 heterocycles. The average Bonchev–Trinajstić information content (AvgIpc) is 3.37. The minimum absolute atomic E-state index is 0.327. The summed E-state index contributed by atoms with van der Waals surface area (Å²) in [5.41, 5.74) is 7.54. The maximum Gasteiger partial charge on any atom is 0.259 e. The van der Waals surface area contributed by atoms with Gasteiger partial charge in [0.1, 0.15) is 17.8 Å². The second-order valence-corrected chi connectivity index (χ2v) is 8.08. The molecule has 0 aliphatic rings. The topological polar surface area (TPSA) is 108 Å². The number of ether oxygens (including phenoxy) is 1. The maximum atomic E-state index is 12.7. The molecule has 0 radical (unpaired) electrons. The number of benzene rings is 2. The second kappa shape index (κ2) is 8.97. The van der Waals surface area contributed by atoms with Gasteiger partial charge in [-0.3, -0.25) is 10.1 Å². The van der Waals surface area contributed by atoms with Crippen LogP contribution in [0.15, 0.2) is 65.4 Å². The Morgan fingerprint density at radius 3 is 2.83 bits per heavy atom. The molecular formula is C20H18N6O2S2. The molecule has 1 amide bonds. The molecule has 30 heavy (non-hydrogen) atoms. The Bertz CT molecular complexity index is 1160. The van der Waals surface area contributed by atoms with Crippen LogP contribution in [0.3, 0.4) is 0 Å². The number of nitrogens with zero attached hydrogens (tertiary/aromatic N) is 4. The summed E-state index contributed by atoms with van der Waals surface area (Å²) in [7, 11) is 1.88. The summed E-state index contributed by atoms with van der Waals surface area (Å²) < 4.78 is 7.63. The molecule has 2 aromatic carbocycles. The van der Waals surface area contributed by atoms with E-state index >= 15 is 0 Å². The van der Waals surface area contributed by atoms with Crippen LogP contribution in [-0.4, -0.2) is 25.7 Å². The van der Waals surface area contributed by atoms with Gasteiger partial charge in [0, 0.05) is 23.9 Å². The number of anilines is 2. The van der Waals surface area contributed by atoms with E-state index in [4.69, 9.17) is 10.5 Å². The van der Waals surface area contributed by atoms with E-state index in [1.54, 1.807) is 24.5 Å². The first-order chi connectivity index (χ1) is 14.6. The minimum atomic E-state index is -0.340. The van der Waals surface area contributed by atoms with Gasteiger partial charge in [0.25, 0.3) is 5.91 Å². The van der Waals surface area contributed by atoms with Gasteiger partial charge < -0.3 is 15.0 Å². The largest absolute Gasteiger partial charge is 0.457 e. The third-order valence-electron chi connectivity index (χ3n) is 4.04. The van der Waals surface area contributed by atoms with Gasteiger partial charge in [-0.15, -0.1) is 21.5 Å². The van der Waals surface area contributed by atoms with Crippen molar-refractivity contribution >= 4 is 39.8 Å². The first-order valence-corrected chi connectivity index (χ1v) is 10.8. The number of thiazole rings is 1. The predicted octanol–water partition coefficient (Wildman–Crippen LogP) is 4.19. The van der Waals surface area contributed by atoms with Crippen molar-refractivity contribution in [3.8, 4) is 11.5 Å². The number of hydrogen-bond donors (Lipinski definition) is 2. The smallest absolute Gasteiger partial charge is 0.259 e. The van der Waals surface area contributed by atoms with E-state index in [-0.39, 0.29) is 5.91 Å². The highest BCUT2D eigenvalue weighted by atomic mass is 32.2. The predicted molar refractivity (Wildman–Crippen MR) is 118 cm³/mol. The zero-order valence-electron chi connectivity index (χ0n) is 16.0. The Balaban J connectivity index is 1.42. The van der Waals surface area contributed by atoms with Crippen LogP contribution >= 0.6 is 23.1 Å². The highest BCUT2D eigenvalue weighted by Gasteiger charge is 2.14. The molecule has 0 aliphatic carbocycles. The Kier molecular flexibility index (Phi) is 5.96. The van der Waals surface area contributed by atoms with Crippen molar-refractivity contribution in [2.45, 2.75) is 10.9 Å². The van der Waals surface area contributed by atoms with E-state index in [9.17, 15) is 4.79 Å².